The molecule has 0 spiro atoms. The largest absolute Gasteiger partial charge is 0.456 e. The highest BCUT2D eigenvalue weighted by atomic mass is 16.6. The van der Waals surface area contributed by atoms with Gasteiger partial charge >= 0.3 is 5.97 Å². The van der Waals surface area contributed by atoms with E-state index in [-0.39, 0.29) is 17.0 Å². The minimum Gasteiger partial charge on any atom is -0.456 e. The monoisotopic (exact) mass is 264 g/mol. The molecular weight excluding hydrogens is 240 g/mol. The molecule has 4 aliphatic rings. The summed E-state index contributed by atoms with van der Waals surface area (Å²) in [5.74, 6) is 1.22. The standard InChI is InChI=1S/C16H24O3/c1-11(2)14(17)19-16-7-12-4-13(8-16)6-15(5-12,9-16)10-18-3/h12-13H,1,4-10H2,2-3H3. The van der Waals surface area contributed by atoms with Crippen LogP contribution in [0.3, 0.4) is 0 Å². The van der Waals surface area contributed by atoms with Gasteiger partial charge in [-0.05, 0) is 62.7 Å². The van der Waals surface area contributed by atoms with Crippen molar-refractivity contribution in [1.29, 1.82) is 0 Å². The van der Waals surface area contributed by atoms with E-state index in [4.69, 9.17) is 9.47 Å². The summed E-state index contributed by atoms with van der Waals surface area (Å²) in [5, 5.41) is 0. The fraction of sp³-hybridized carbons (Fsp3) is 0.812. The van der Waals surface area contributed by atoms with Gasteiger partial charge < -0.3 is 9.47 Å². The van der Waals surface area contributed by atoms with Crippen molar-refractivity contribution in [3.63, 3.8) is 0 Å². The van der Waals surface area contributed by atoms with E-state index in [0.29, 0.717) is 17.4 Å². The number of carbonyl (C=O) groups is 1. The Morgan fingerprint density at radius 3 is 2.42 bits per heavy atom. The minimum atomic E-state index is -0.224. The first-order valence-electron chi connectivity index (χ1n) is 7.34. The molecule has 0 heterocycles. The molecule has 0 N–H and O–H groups in total. The van der Waals surface area contributed by atoms with Crippen molar-refractivity contribution in [2.75, 3.05) is 13.7 Å². The van der Waals surface area contributed by atoms with Gasteiger partial charge in [0, 0.05) is 12.7 Å². The molecule has 3 heteroatoms. The molecule has 4 aliphatic carbocycles. The highest BCUT2D eigenvalue weighted by Gasteiger charge is 2.59. The lowest BCUT2D eigenvalue weighted by Crippen LogP contribution is -2.58. The predicted octanol–water partition coefficient (Wildman–Crippen LogP) is 3.09. The molecule has 0 aromatic rings. The molecule has 0 aromatic heterocycles. The van der Waals surface area contributed by atoms with E-state index in [2.05, 4.69) is 6.58 Å². The molecule has 0 amide bonds. The topological polar surface area (TPSA) is 35.5 Å². The number of ether oxygens (including phenoxy) is 2. The molecule has 4 rings (SSSR count). The van der Waals surface area contributed by atoms with E-state index < -0.39 is 0 Å². The van der Waals surface area contributed by atoms with Crippen molar-refractivity contribution in [2.45, 2.75) is 51.0 Å². The summed E-state index contributed by atoms with van der Waals surface area (Å²) in [5.41, 5.74) is 0.545. The van der Waals surface area contributed by atoms with Crippen molar-refractivity contribution < 1.29 is 14.3 Å². The van der Waals surface area contributed by atoms with Crippen LogP contribution in [-0.4, -0.2) is 25.3 Å². The fourth-order valence-electron chi connectivity index (χ4n) is 5.24. The lowest BCUT2D eigenvalue weighted by atomic mass is 9.48. The molecule has 3 nitrogen and oxygen atoms in total. The van der Waals surface area contributed by atoms with Crippen LogP contribution in [0.1, 0.15) is 45.4 Å². The Hall–Kier alpha value is -0.830. The maximum atomic E-state index is 11.9. The first kappa shape index (κ1) is 13.2. The summed E-state index contributed by atoms with van der Waals surface area (Å²) >= 11 is 0. The first-order valence-corrected chi connectivity index (χ1v) is 7.34. The van der Waals surface area contributed by atoms with Crippen molar-refractivity contribution >= 4 is 5.97 Å². The quantitative estimate of drug-likeness (QED) is 0.578. The third-order valence-corrected chi connectivity index (χ3v) is 5.24. The Morgan fingerprint density at radius 1 is 1.26 bits per heavy atom. The normalized spacial score (nSPS) is 43.3. The van der Waals surface area contributed by atoms with Crippen LogP contribution >= 0.6 is 0 Å². The van der Waals surface area contributed by atoms with E-state index >= 15 is 0 Å². The van der Waals surface area contributed by atoms with Gasteiger partial charge in [-0.25, -0.2) is 4.79 Å². The van der Waals surface area contributed by atoms with Gasteiger partial charge in [-0.15, -0.1) is 0 Å². The molecule has 0 aliphatic heterocycles. The number of hydrogen-bond donors (Lipinski definition) is 0. The molecule has 0 radical (unpaired) electrons. The summed E-state index contributed by atoms with van der Waals surface area (Å²) in [7, 11) is 1.78. The Labute approximate surface area is 115 Å². The maximum Gasteiger partial charge on any atom is 0.333 e. The van der Waals surface area contributed by atoms with Crippen LogP contribution in [0, 0.1) is 17.3 Å². The molecule has 4 fully saturated rings. The summed E-state index contributed by atoms with van der Waals surface area (Å²) in [4.78, 5) is 11.9. The molecule has 0 saturated heterocycles. The van der Waals surface area contributed by atoms with Gasteiger partial charge in [-0.3, -0.25) is 0 Å². The SMILES string of the molecule is C=C(C)C(=O)OC12CC3CC(CC(COC)(C3)C1)C2. The third-order valence-electron chi connectivity index (χ3n) is 5.24. The number of carbonyl (C=O) groups excluding carboxylic acids is 1. The number of methoxy groups -OCH3 is 1. The highest BCUT2D eigenvalue weighted by Crippen LogP contribution is 2.62. The summed E-state index contributed by atoms with van der Waals surface area (Å²) in [6, 6.07) is 0. The number of esters is 1. The van der Waals surface area contributed by atoms with Gasteiger partial charge in [0.05, 0.1) is 6.61 Å². The third kappa shape index (κ3) is 2.22. The zero-order valence-corrected chi connectivity index (χ0v) is 12.0. The summed E-state index contributed by atoms with van der Waals surface area (Å²) in [6.45, 7) is 6.25. The van der Waals surface area contributed by atoms with E-state index in [1.54, 1.807) is 14.0 Å². The van der Waals surface area contributed by atoms with Crippen LogP contribution in [0.15, 0.2) is 12.2 Å². The van der Waals surface area contributed by atoms with E-state index in [1.807, 2.05) is 0 Å². The lowest BCUT2D eigenvalue weighted by Gasteiger charge is -2.61. The van der Waals surface area contributed by atoms with Crippen molar-refractivity contribution in [3.8, 4) is 0 Å². The highest BCUT2D eigenvalue weighted by molar-refractivity contribution is 5.87. The molecule has 0 aromatic carbocycles. The van der Waals surface area contributed by atoms with E-state index in [1.165, 1.54) is 19.3 Å². The summed E-state index contributed by atoms with van der Waals surface area (Å²) < 4.78 is 11.4. The molecule has 106 valence electrons. The Balaban J connectivity index is 1.83. The van der Waals surface area contributed by atoms with Gasteiger partial charge in [-0.1, -0.05) is 6.58 Å². The van der Waals surface area contributed by atoms with E-state index in [9.17, 15) is 4.79 Å². The van der Waals surface area contributed by atoms with Crippen molar-refractivity contribution in [1.82, 2.24) is 0 Å². The summed E-state index contributed by atoms with van der Waals surface area (Å²) in [6.07, 6.45) is 6.91. The van der Waals surface area contributed by atoms with Crippen LogP contribution in [0.4, 0.5) is 0 Å². The van der Waals surface area contributed by atoms with Crippen molar-refractivity contribution in [2.24, 2.45) is 17.3 Å². The lowest BCUT2D eigenvalue weighted by molar-refractivity contribution is -0.205. The van der Waals surface area contributed by atoms with Gasteiger partial charge in [0.1, 0.15) is 5.60 Å². The van der Waals surface area contributed by atoms with Crippen LogP contribution in [-0.2, 0) is 14.3 Å². The maximum absolute atomic E-state index is 11.9. The first-order chi connectivity index (χ1) is 8.96. The van der Waals surface area contributed by atoms with Gasteiger partial charge in [-0.2, -0.15) is 0 Å². The average molecular weight is 264 g/mol. The fourth-order valence-corrected chi connectivity index (χ4v) is 5.24. The molecule has 2 unspecified atom stereocenters. The second kappa shape index (κ2) is 4.34. The van der Waals surface area contributed by atoms with E-state index in [0.717, 1.165) is 25.9 Å². The van der Waals surface area contributed by atoms with Crippen LogP contribution in [0.5, 0.6) is 0 Å². The minimum absolute atomic E-state index is 0.213. The molecule has 4 bridgehead atoms. The van der Waals surface area contributed by atoms with Crippen LogP contribution < -0.4 is 0 Å². The second-order valence-corrected chi connectivity index (χ2v) is 7.25. The van der Waals surface area contributed by atoms with Crippen molar-refractivity contribution in [3.05, 3.63) is 12.2 Å². The van der Waals surface area contributed by atoms with Gasteiger partial charge in [0.25, 0.3) is 0 Å². The number of hydrogen-bond acceptors (Lipinski definition) is 3. The van der Waals surface area contributed by atoms with Crippen LogP contribution in [0.2, 0.25) is 0 Å². The molecule has 4 saturated carbocycles. The molecular formula is C16H24O3. The van der Waals surface area contributed by atoms with Gasteiger partial charge in [0.15, 0.2) is 0 Å². The molecule has 2 atom stereocenters. The number of rotatable bonds is 4. The molecule has 19 heavy (non-hydrogen) atoms. The van der Waals surface area contributed by atoms with Crippen LogP contribution in [0.25, 0.3) is 0 Å². The Morgan fingerprint density at radius 2 is 1.89 bits per heavy atom. The zero-order valence-electron chi connectivity index (χ0n) is 12.0. The Kier molecular flexibility index (Phi) is 3.01. The second-order valence-electron chi connectivity index (χ2n) is 7.25. The van der Waals surface area contributed by atoms with Gasteiger partial charge in [0.2, 0.25) is 0 Å². The Bertz CT molecular complexity index is 398. The predicted molar refractivity (Wildman–Crippen MR) is 72.6 cm³/mol. The average Bonchev–Trinajstić information content (AvgIpc) is 2.25. The zero-order chi connectivity index (χ0) is 13.7. The smallest absolute Gasteiger partial charge is 0.333 e.